The number of carbonyl (C=O) groups excluding carboxylic acids is 2. The van der Waals surface area contributed by atoms with E-state index in [0.717, 1.165) is 22.3 Å². The lowest BCUT2D eigenvalue weighted by atomic mass is 10.00. The van der Waals surface area contributed by atoms with Gasteiger partial charge in [-0.3, -0.25) is 13.9 Å². The summed E-state index contributed by atoms with van der Waals surface area (Å²) >= 11 is 0. The summed E-state index contributed by atoms with van der Waals surface area (Å²) in [6.07, 6.45) is 1.94. The van der Waals surface area contributed by atoms with Gasteiger partial charge in [-0.25, -0.2) is 8.42 Å². The van der Waals surface area contributed by atoms with E-state index in [1.54, 1.807) is 17.0 Å². The van der Waals surface area contributed by atoms with Gasteiger partial charge in [0, 0.05) is 31.5 Å². The molecular weight excluding hydrogens is 534 g/mol. The van der Waals surface area contributed by atoms with E-state index in [1.807, 2.05) is 101 Å². The van der Waals surface area contributed by atoms with Crippen molar-refractivity contribution in [2.45, 2.75) is 72.0 Å². The van der Waals surface area contributed by atoms with Crippen LogP contribution in [0.2, 0.25) is 0 Å². The molecule has 3 aromatic rings. The molecule has 0 aromatic heterocycles. The molecule has 0 radical (unpaired) electrons. The fraction of sp³-hybridized carbons (Fsp3) is 0.394. The molecule has 220 valence electrons. The predicted molar refractivity (Wildman–Crippen MR) is 166 cm³/mol. The summed E-state index contributed by atoms with van der Waals surface area (Å²) in [5.41, 5.74) is 4.06. The van der Waals surface area contributed by atoms with E-state index in [1.165, 1.54) is 10.6 Å². The van der Waals surface area contributed by atoms with Gasteiger partial charge in [-0.15, -0.1) is 0 Å². The van der Waals surface area contributed by atoms with Crippen molar-refractivity contribution in [3.8, 4) is 0 Å². The molecule has 0 saturated heterocycles. The second-order valence-electron chi connectivity index (χ2n) is 11.7. The molecule has 2 amide bonds. The summed E-state index contributed by atoms with van der Waals surface area (Å²) in [6, 6.07) is 24.1. The van der Waals surface area contributed by atoms with Crippen LogP contribution < -0.4 is 9.62 Å². The van der Waals surface area contributed by atoms with Crippen molar-refractivity contribution < 1.29 is 18.0 Å². The molecule has 3 rings (SSSR count). The maximum atomic E-state index is 13.9. The van der Waals surface area contributed by atoms with Crippen LogP contribution >= 0.6 is 0 Å². The quantitative estimate of drug-likeness (QED) is 0.312. The number of hydrogen-bond donors (Lipinski definition) is 1. The van der Waals surface area contributed by atoms with Gasteiger partial charge in [-0.05, 0) is 64.3 Å². The minimum atomic E-state index is -3.55. The molecule has 0 aliphatic rings. The van der Waals surface area contributed by atoms with Crippen LogP contribution in [0.4, 0.5) is 5.69 Å². The maximum absolute atomic E-state index is 13.9. The lowest BCUT2D eigenvalue weighted by Gasteiger charge is -2.34. The van der Waals surface area contributed by atoms with Crippen LogP contribution in [0.1, 0.15) is 55.9 Å². The van der Waals surface area contributed by atoms with Crippen LogP contribution in [0.3, 0.4) is 0 Å². The van der Waals surface area contributed by atoms with Gasteiger partial charge in [0.2, 0.25) is 21.8 Å². The number of carbonyl (C=O) groups is 2. The van der Waals surface area contributed by atoms with E-state index in [4.69, 9.17) is 0 Å². The van der Waals surface area contributed by atoms with Crippen LogP contribution in [0.5, 0.6) is 0 Å². The highest BCUT2D eigenvalue weighted by Gasteiger charge is 2.32. The molecule has 0 heterocycles. The Balaban J connectivity index is 1.90. The second-order valence-corrected chi connectivity index (χ2v) is 13.6. The van der Waals surface area contributed by atoms with Crippen LogP contribution in [0.15, 0.2) is 78.9 Å². The van der Waals surface area contributed by atoms with Crippen molar-refractivity contribution in [3.05, 3.63) is 101 Å². The summed E-state index contributed by atoms with van der Waals surface area (Å²) in [4.78, 5) is 29.3. The van der Waals surface area contributed by atoms with Crippen molar-refractivity contribution in [1.29, 1.82) is 0 Å². The molecule has 0 unspecified atom stereocenters. The van der Waals surface area contributed by atoms with Crippen molar-refractivity contribution in [3.63, 3.8) is 0 Å². The van der Waals surface area contributed by atoms with Gasteiger partial charge in [-0.1, -0.05) is 77.9 Å². The van der Waals surface area contributed by atoms with Crippen molar-refractivity contribution in [1.82, 2.24) is 10.2 Å². The van der Waals surface area contributed by atoms with Gasteiger partial charge in [0.15, 0.2) is 0 Å². The smallest absolute Gasteiger partial charge is 0.243 e. The van der Waals surface area contributed by atoms with Crippen molar-refractivity contribution in [2.75, 3.05) is 17.1 Å². The standard InChI is InChI=1S/C33H43N3O4S/c1-25-17-19-29(20-18-25)36(41(6,39)40)21-11-16-31(37)35(24-28-15-10-12-26(2)22-28)30(32(38)34-33(3,4)5)23-27-13-8-7-9-14-27/h7-10,12-15,17-20,22,30H,11,16,21,23-24H2,1-6H3,(H,34,38)/t30-/m0/s1. The third-order valence-electron chi connectivity index (χ3n) is 6.68. The monoisotopic (exact) mass is 577 g/mol. The molecule has 7 nitrogen and oxygen atoms in total. The minimum Gasteiger partial charge on any atom is -0.350 e. The molecule has 0 bridgehead atoms. The Bertz CT molecular complexity index is 1410. The van der Waals surface area contributed by atoms with E-state index in [9.17, 15) is 18.0 Å². The van der Waals surface area contributed by atoms with Gasteiger partial charge in [0.25, 0.3) is 0 Å². The molecule has 0 aliphatic heterocycles. The highest BCUT2D eigenvalue weighted by molar-refractivity contribution is 7.92. The fourth-order valence-electron chi connectivity index (χ4n) is 4.73. The Kier molecular flexibility index (Phi) is 10.7. The third kappa shape index (κ3) is 10.0. The van der Waals surface area contributed by atoms with E-state index < -0.39 is 21.6 Å². The number of benzene rings is 3. The molecule has 1 N–H and O–H groups in total. The first-order valence-electron chi connectivity index (χ1n) is 14.0. The average Bonchev–Trinajstić information content (AvgIpc) is 2.88. The highest BCUT2D eigenvalue weighted by atomic mass is 32.2. The SMILES string of the molecule is Cc1ccc(N(CCCC(=O)N(Cc2cccc(C)c2)[C@@H](Cc2ccccc2)C(=O)NC(C)(C)C)S(C)(=O)=O)cc1. The maximum Gasteiger partial charge on any atom is 0.243 e. The summed E-state index contributed by atoms with van der Waals surface area (Å²) in [7, 11) is -3.55. The first-order chi connectivity index (χ1) is 19.2. The average molecular weight is 578 g/mol. The summed E-state index contributed by atoms with van der Waals surface area (Å²) in [5.74, 6) is -0.423. The number of aryl methyl sites for hydroxylation is 2. The molecule has 0 aliphatic carbocycles. The van der Waals surface area contributed by atoms with E-state index in [2.05, 4.69) is 5.32 Å². The summed E-state index contributed by atoms with van der Waals surface area (Å²) in [6.45, 7) is 10.1. The van der Waals surface area contributed by atoms with Crippen LogP contribution in [-0.4, -0.2) is 49.5 Å². The van der Waals surface area contributed by atoms with Crippen LogP contribution in [-0.2, 0) is 32.6 Å². The number of amides is 2. The van der Waals surface area contributed by atoms with Crippen molar-refractivity contribution in [2.24, 2.45) is 0 Å². The molecule has 8 heteroatoms. The largest absolute Gasteiger partial charge is 0.350 e. The Labute approximate surface area is 245 Å². The summed E-state index contributed by atoms with van der Waals surface area (Å²) in [5, 5.41) is 3.07. The first-order valence-corrected chi connectivity index (χ1v) is 15.8. The molecular formula is C33H43N3O4S. The highest BCUT2D eigenvalue weighted by Crippen LogP contribution is 2.21. The van der Waals surface area contributed by atoms with E-state index >= 15 is 0 Å². The fourth-order valence-corrected chi connectivity index (χ4v) is 5.69. The molecule has 0 spiro atoms. The van der Waals surface area contributed by atoms with Gasteiger partial charge < -0.3 is 10.2 Å². The molecule has 0 saturated carbocycles. The topological polar surface area (TPSA) is 86.8 Å². The number of sulfonamides is 1. The zero-order valence-corrected chi connectivity index (χ0v) is 25.9. The van der Waals surface area contributed by atoms with E-state index in [0.29, 0.717) is 18.5 Å². The number of hydrogen-bond acceptors (Lipinski definition) is 4. The van der Waals surface area contributed by atoms with Crippen molar-refractivity contribution >= 4 is 27.5 Å². The Hall–Kier alpha value is -3.65. The second kappa shape index (κ2) is 13.8. The van der Waals surface area contributed by atoms with Crippen LogP contribution in [0.25, 0.3) is 0 Å². The lowest BCUT2D eigenvalue weighted by Crippen LogP contribution is -2.54. The van der Waals surface area contributed by atoms with Crippen LogP contribution in [0, 0.1) is 13.8 Å². The molecule has 0 fully saturated rings. The molecule has 1 atom stereocenters. The number of nitrogens with zero attached hydrogens (tertiary/aromatic N) is 2. The predicted octanol–water partition coefficient (Wildman–Crippen LogP) is 5.40. The van der Waals surface area contributed by atoms with Gasteiger partial charge >= 0.3 is 0 Å². The molecule has 3 aromatic carbocycles. The Morgan fingerprint density at radius 3 is 2.07 bits per heavy atom. The van der Waals surface area contributed by atoms with Gasteiger partial charge in [0.1, 0.15) is 6.04 Å². The number of anilines is 1. The van der Waals surface area contributed by atoms with Gasteiger partial charge in [0.05, 0.1) is 11.9 Å². The lowest BCUT2D eigenvalue weighted by molar-refractivity contribution is -0.142. The molecule has 41 heavy (non-hydrogen) atoms. The number of nitrogens with one attached hydrogen (secondary N) is 1. The first kappa shape index (κ1) is 31.9. The third-order valence-corrected chi connectivity index (χ3v) is 7.87. The Morgan fingerprint density at radius 2 is 1.49 bits per heavy atom. The summed E-state index contributed by atoms with van der Waals surface area (Å²) < 4.78 is 26.6. The minimum absolute atomic E-state index is 0.0950. The normalized spacial score (nSPS) is 12.4. The van der Waals surface area contributed by atoms with E-state index in [-0.39, 0.29) is 31.3 Å². The van der Waals surface area contributed by atoms with Gasteiger partial charge in [-0.2, -0.15) is 0 Å². The zero-order chi connectivity index (χ0) is 30.2. The Morgan fingerprint density at radius 1 is 0.854 bits per heavy atom. The zero-order valence-electron chi connectivity index (χ0n) is 25.1. The number of rotatable bonds is 12.